The van der Waals surface area contributed by atoms with Crippen LogP contribution in [-0.4, -0.2) is 35.6 Å². The molecule has 0 aliphatic carbocycles. The van der Waals surface area contributed by atoms with E-state index in [0.717, 1.165) is 12.8 Å². The summed E-state index contributed by atoms with van der Waals surface area (Å²) >= 11 is 0. The van der Waals surface area contributed by atoms with Crippen molar-refractivity contribution in [2.24, 2.45) is 0 Å². The Morgan fingerprint density at radius 2 is 1.67 bits per heavy atom. The molecule has 0 atom stereocenters. The Labute approximate surface area is 73.5 Å². The first-order valence-electron chi connectivity index (χ1n) is 4.41. The summed E-state index contributed by atoms with van der Waals surface area (Å²) in [4.78, 5) is 5.03. The Kier molecular flexibility index (Phi) is 7.39. The standard InChI is InChI=1S/C8H19NO3/c1-3-7(4-2)9-12-8(5-10)6-11/h7-11H,3-6H2,1-2H3. The Hall–Kier alpha value is -0.160. The van der Waals surface area contributed by atoms with Crippen molar-refractivity contribution in [3.05, 3.63) is 0 Å². The van der Waals surface area contributed by atoms with Gasteiger partial charge in [0.05, 0.1) is 13.2 Å². The maximum Gasteiger partial charge on any atom is 0.125 e. The molecule has 0 aromatic rings. The van der Waals surface area contributed by atoms with Gasteiger partial charge < -0.3 is 10.2 Å². The molecule has 3 N–H and O–H groups in total. The molecule has 12 heavy (non-hydrogen) atoms. The highest BCUT2D eigenvalue weighted by Gasteiger charge is 2.08. The summed E-state index contributed by atoms with van der Waals surface area (Å²) < 4.78 is 0. The molecule has 0 spiro atoms. The van der Waals surface area contributed by atoms with Crippen molar-refractivity contribution >= 4 is 0 Å². The van der Waals surface area contributed by atoms with Crippen molar-refractivity contribution in [3.8, 4) is 0 Å². The van der Waals surface area contributed by atoms with Crippen LogP contribution in [0.3, 0.4) is 0 Å². The first kappa shape index (κ1) is 11.8. The van der Waals surface area contributed by atoms with Gasteiger partial charge in [-0.1, -0.05) is 13.8 Å². The van der Waals surface area contributed by atoms with Crippen LogP contribution in [0.5, 0.6) is 0 Å². The third kappa shape index (κ3) is 4.66. The lowest BCUT2D eigenvalue weighted by Gasteiger charge is -2.18. The summed E-state index contributed by atoms with van der Waals surface area (Å²) in [5.74, 6) is 0. The average Bonchev–Trinajstić information content (AvgIpc) is 2.13. The molecule has 0 amide bonds. The summed E-state index contributed by atoms with van der Waals surface area (Å²) in [5.41, 5.74) is 2.80. The van der Waals surface area contributed by atoms with Gasteiger partial charge in [0, 0.05) is 6.04 Å². The lowest BCUT2D eigenvalue weighted by atomic mass is 10.2. The summed E-state index contributed by atoms with van der Waals surface area (Å²) in [6.45, 7) is 3.78. The fourth-order valence-corrected chi connectivity index (χ4v) is 0.780. The smallest absolute Gasteiger partial charge is 0.125 e. The molecule has 4 nitrogen and oxygen atoms in total. The molecule has 0 rings (SSSR count). The third-order valence-corrected chi connectivity index (χ3v) is 1.79. The molecular weight excluding hydrogens is 158 g/mol. The van der Waals surface area contributed by atoms with Crippen molar-refractivity contribution in [2.45, 2.75) is 38.8 Å². The van der Waals surface area contributed by atoms with E-state index in [9.17, 15) is 0 Å². The van der Waals surface area contributed by atoms with Crippen LogP contribution in [-0.2, 0) is 4.84 Å². The molecule has 0 aromatic heterocycles. The number of hydrogen-bond acceptors (Lipinski definition) is 4. The Morgan fingerprint density at radius 1 is 1.17 bits per heavy atom. The minimum atomic E-state index is -0.509. The van der Waals surface area contributed by atoms with Crippen LogP contribution < -0.4 is 5.48 Å². The molecule has 0 bridgehead atoms. The number of aliphatic hydroxyl groups excluding tert-OH is 2. The molecule has 4 heteroatoms. The van der Waals surface area contributed by atoms with E-state index in [1.165, 1.54) is 0 Å². The van der Waals surface area contributed by atoms with E-state index in [1.807, 2.05) is 0 Å². The van der Waals surface area contributed by atoms with Crippen molar-refractivity contribution in [1.82, 2.24) is 5.48 Å². The largest absolute Gasteiger partial charge is 0.393 e. The Bertz CT molecular complexity index is 80.3. The molecule has 0 aromatic carbocycles. The van der Waals surface area contributed by atoms with Crippen LogP contribution in [0.2, 0.25) is 0 Å². The molecule has 0 radical (unpaired) electrons. The first-order valence-corrected chi connectivity index (χ1v) is 4.41. The Morgan fingerprint density at radius 3 is 2.00 bits per heavy atom. The van der Waals surface area contributed by atoms with Gasteiger partial charge in [-0.3, -0.25) is 4.84 Å². The van der Waals surface area contributed by atoms with Crippen molar-refractivity contribution in [1.29, 1.82) is 0 Å². The molecule has 0 saturated carbocycles. The minimum absolute atomic E-state index is 0.163. The molecular formula is C8H19NO3. The van der Waals surface area contributed by atoms with E-state index in [1.54, 1.807) is 0 Å². The fraction of sp³-hybridized carbons (Fsp3) is 1.00. The second kappa shape index (κ2) is 7.49. The van der Waals surface area contributed by atoms with Gasteiger partial charge in [0.15, 0.2) is 0 Å². The Balaban J connectivity index is 3.49. The van der Waals surface area contributed by atoms with Crippen molar-refractivity contribution in [3.63, 3.8) is 0 Å². The van der Waals surface area contributed by atoms with E-state index in [0.29, 0.717) is 6.04 Å². The summed E-state index contributed by atoms with van der Waals surface area (Å²) in [7, 11) is 0. The predicted molar refractivity (Wildman–Crippen MR) is 46.6 cm³/mol. The first-order chi connectivity index (χ1) is 5.78. The van der Waals surface area contributed by atoms with Gasteiger partial charge in [0.1, 0.15) is 6.10 Å². The van der Waals surface area contributed by atoms with Crippen molar-refractivity contribution in [2.75, 3.05) is 13.2 Å². The van der Waals surface area contributed by atoms with Crippen LogP contribution in [0.4, 0.5) is 0 Å². The lowest BCUT2D eigenvalue weighted by molar-refractivity contribution is -0.0873. The zero-order valence-electron chi connectivity index (χ0n) is 7.79. The monoisotopic (exact) mass is 177 g/mol. The van der Waals surface area contributed by atoms with Gasteiger partial charge in [0.2, 0.25) is 0 Å². The fourth-order valence-electron chi connectivity index (χ4n) is 0.780. The SMILES string of the molecule is CCC(CC)NOC(CO)CO. The normalized spacial score (nSPS) is 11.5. The summed E-state index contributed by atoms with van der Waals surface area (Å²) in [6.07, 6.45) is 1.44. The van der Waals surface area contributed by atoms with E-state index in [4.69, 9.17) is 15.1 Å². The second-order valence-electron chi connectivity index (χ2n) is 2.74. The van der Waals surface area contributed by atoms with Crippen LogP contribution in [0.1, 0.15) is 26.7 Å². The summed E-state index contributed by atoms with van der Waals surface area (Å²) in [6, 6.07) is 0.297. The van der Waals surface area contributed by atoms with Gasteiger partial charge in [0.25, 0.3) is 0 Å². The highest BCUT2D eigenvalue weighted by atomic mass is 16.7. The third-order valence-electron chi connectivity index (χ3n) is 1.79. The number of rotatable bonds is 7. The van der Waals surface area contributed by atoms with Gasteiger partial charge in [-0.2, -0.15) is 5.48 Å². The maximum atomic E-state index is 8.66. The molecule has 0 saturated heterocycles. The summed E-state index contributed by atoms with van der Waals surface area (Å²) in [5, 5.41) is 17.3. The minimum Gasteiger partial charge on any atom is -0.393 e. The molecule has 0 fully saturated rings. The van der Waals surface area contributed by atoms with Gasteiger partial charge in [-0.15, -0.1) is 0 Å². The topological polar surface area (TPSA) is 61.7 Å². The zero-order chi connectivity index (χ0) is 9.40. The van der Waals surface area contributed by atoms with Gasteiger partial charge >= 0.3 is 0 Å². The van der Waals surface area contributed by atoms with E-state index < -0.39 is 6.10 Å². The lowest BCUT2D eigenvalue weighted by Crippen LogP contribution is -2.35. The van der Waals surface area contributed by atoms with Gasteiger partial charge in [-0.05, 0) is 12.8 Å². The van der Waals surface area contributed by atoms with Crippen LogP contribution in [0.15, 0.2) is 0 Å². The number of aliphatic hydroxyl groups is 2. The van der Waals surface area contributed by atoms with Crippen LogP contribution in [0, 0.1) is 0 Å². The number of hydrogen-bond donors (Lipinski definition) is 3. The highest BCUT2D eigenvalue weighted by Crippen LogP contribution is 1.97. The second-order valence-corrected chi connectivity index (χ2v) is 2.74. The highest BCUT2D eigenvalue weighted by molar-refractivity contribution is 4.57. The maximum absolute atomic E-state index is 8.66. The average molecular weight is 177 g/mol. The van der Waals surface area contributed by atoms with Crippen LogP contribution >= 0.6 is 0 Å². The van der Waals surface area contributed by atoms with E-state index in [2.05, 4.69) is 19.3 Å². The number of hydroxylamine groups is 1. The quantitative estimate of drug-likeness (QED) is 0.481. The van der Waals surface area contributed by atoms with Gasteiger partial charge in [-0.25, -0.2) is 0 Å². The van der Waals surface area contributed by atoms with E-state index in [-0.39, 0.29) is 13.2 Å². The van der Waals surface area contributed by atoms with Crippen LogP contribution in [0.25, 0.3) is 0 Å². The van der Waals surface area contributed by atoms with E-state index >= 15 is 0 Å². The molecule has 74 valence electrons. The molecule has 0 aliphatic rings. The van der Waals surface area contributed by atoms with Crippen molar-refractivity contribution < 1.29 is 15.1 Å². The predicted octanol–water partition coefficient (Wildman–Crippen LogP) is 0.0494. The number of nitrogens with one attached hydrogen (secondary N) is 1. The molecule has 0 heterocycles. The molecule has 0 unspecified atom stereocenters. The molecule has 0 aliphatic heterocycles. The zero-order valence-corrected chi connectivity index (χ0v) is 7.79.